The smallest absolute Gasteiger partial charge is 0.270 e. The van der Waals surface area contributed by atoms with Crippen LogP contribution >= 0.6 is 11.6 Å². The van der Waals surface area contributed by atoms with Crippen LogP contribution in [0.4, 0.5) is 0 Å². The topological polar surface area (TPSA) is 58.6 Å². The van der Waals surface area contributed by atoms with Gasteiger partial charge in [0.15, 0.2) is 0 Å². The molecule has 4 nitrogen and oxygen atoms in total. The third-order valence-electron chi connectivity index (χ3n) is 3.07. The Labute approximate surface area is 114 Å². The van der Waals surface area contributed by atoms with Crippen molar-refractivity contribution in [2.75, 3.05) is 0 Å². The Balaban J connectivity index is 2.48. The van der Waals surface area contributed by atoms with Gasteiger partial charge < -0.3 is 4.98 Å². The van der Waals surface area contributed by atoms with Gasteiger partial charge in [-0.25, -0.2) is 4.98 Å². The van der Waals surface area contributed by atoms with E-state index in [0.29, 0.717) is 27.3 Å². The summed E-state index contributed by atoms with van der Waals surface area (Å²) < 4.78 is 0. The first-order valence-electron chi connectivity index (χ1n) is 6.05. The van der Waals surface area contributed by atoms with Crippen LogP contribution < -0.4 is 5.56 Å². The van der Waals surface area contributed by atoms with Crippen LogP contribution in [0.1, 0.15) is 25.5 Å². The van der Waals surface area contributed by atoms with Gasteiger partial charge in [0.2, 0.25) is 0 Å². The molecule has 3 rings (SSSR count). The van der Waals surface area contributed by atoms with Crippen molar-refractivity contribution in [2.24, 2.45) is 0 Å². The van der Waals surface area contributed by atoms with Crippen molar-refractivity contribution in [2.45, 2.75) is 19.8 Å². The number of hydrogen-bond donors (Lipinski definition) is 1. The van der Waals surface area contributed by atoms with Crippen molar-refractivity contribution in [1.82, 2.24) is 15.0 Å². The van der Waals surface area contributed by atoms with Crippen molar-refractivity contribution in [3.63, 3.8) is 0 Å². The van der Waals surface area contributed by atoms with Gasteiger partial charge in [-0.3, -0.25) is 9.78 Å². The number of pyridine rings is 1. The monoisotopic (exact) mass is 273 g/mol. The van der Waals surface area contributed by atoms with Gasteiger partial charge in [0.05, 0.1) is 21.6 Å². The first kappa shape index (κ1) is 12.1. The average Bonchev–Trinajstić information content (AvgIpc) is 2.39. The van der Waals surface area contributed by atoms with Gasteiger partial charge in [0.1, 0.15) is 5.69 Å². The maximum absolute atomic E-state index is 12.0. The number of H-pyrrole nitrogens is 1. The molecular weight excluding hydrogens is 262 g/mol. The molecule has 0 aliphatic carbocycles. The predicted molar refractivity (Wildman–Crippen MR) is 76.8 cm³/mol. The van der Waals surface area contributed by atoms with Crippen LogP contribution in [-0.4, -0.2) is 15.0 Å². The molecule has 3 aromatic rings. The van der Waals surface area contributed by atoms with Crippen molar-refractivity contribution < 1.29 is 0 Å². The quantitative estimate of drug-likeness (QED) is 0.693. The van der Waals surface area contributed by atoms with Crippen molar-refractivity contribution >= 4 is 33.5 Å². The van der Waals surface area contributed by atoms with E-state index in [-0.39, 0.29) is 11.5 Å². The lowest BCUT2D eigenvalue weighted by Crippen LogP contribution is -2.16. The minimum Gasteiger partial charge on any atom is -0.318 e. The summed E-state index contributed by atoms with van der Waals surface area (Å²) in [5.41, 5.74) is 2.23. The first-order chi connectivity index (χ1) is 9.08. The normalized spacial score (nSPS) is 11.6. The minimum atomic E-state index is -0.195. The average molecular weight is 274 g/mol. The third-order valence-corrected chi connectivity index (χ3v) is 3.44. The fraction of sp³-hybridized carbons (Fsp3) is 0.214. The Morgan fingerprint density at radius 3 is 2.89 bits per heavy atom. The molecule has 0 aliphatic rings. The fourth-order valence-electron chi connectivity index (χ4n) is 2.12. The zero-order valence-corrected chi connectivity index (χ0v) is 11.3. The number of aromatic amines is 1. The zero-order chi connectivity index (χ0) is 13.6. The number of halogens is 1. The molecule has 1 N–H and O–H groups in total. The van der Waals surface area contributed by atoms with Crippen LogP contribution in [0, 0.1) is 0 Å². The second-order valence-corrected chi connectivity index (χ2v) is 5.14. The van der Waals surface area contributed by atoms with E-state index >= 15 is 0 Å². The number of benzene rings is 1. The molecule has 0 amide bonds. The van der Waals surface area contributed by atoms with Gasteiger partial charge in [-0.05, 0) is 12.1 Å². The molecule has 0 fully saturated rings. The van der Waals surface area contributed by atoms with Crippen LogP contribution in [0.5, 0.6) is 0 Å². The molecule has 0 saturated carbocycles. The van der Waals surface area contributed by atoms with Gasteiger partial charge in [0.25, 0.3) is 5.56 Å². The Morgan fingerprint density at radius 1 is 1.37 bits per heavy atom. The van der Waals surface area contributed by atoms with Crippen molar-refractivity contribution in [1.29, 1.82) is 0 Å². The molecule has 1 aromatic carbocycles. The standard InChI is InChI=1S/C14H12ClN3O/c1-7(2)11-14(19)18-13-9(17-11)6-8-4-3-5-16-12(8)10(13)15/h3-7H,1-2H3,(H,18,19). The molecule has 0 unspecified atom stereocenters. The Bertz CT molecular complexity index is 839. The van der Waals surface area contributed by atoms with Gasteiger partial charge >= 0.3 is 0 Å². The fourth-order valence-corrected chi connectivity index (χ4v) is 2.43. The molecule has 0 bridgehead atoms. The van der Waals surface area contributed by atoms with E-state index in [9.17, 15) is 4.79 Å². The van der Waals surface area contributed by atoms with Gasteiger partial charge in [-0.2, -0.15) is 0 Å². The minimum absolute atomic E-state index is 0.0662. The summed E-state index contributed by atoms with van der Waals surface area (Å²) in [6, 6.07) is 5.67. The molecular formula is C14H12ClN3O. The van der Waals surface area contributed by atoms with Crippen LogP contribution in [0.25, 0.3) is 21.9 Å². The summed E-state index contributed by atoms with van der Waals surface area (Å²) in [6.45, 7) is 3.88. The highest BCUT2D eigenvalue weighted by atomic mass is 35.5. The van der Waals surface area contributed by atoms with E-state index < -0.39 is 0 Å². The van der Waals surface area contributed by atoms with Crippen LogP contribution in [-0.2, 0) is 0 Å². The Kier molecular flexibility index (Phi) is 2.75. The molecule has 0 spiro atoms. The second-order valence-electron chi connectivity index (χ2n) is 4.77. The van der Waals surface area contributed by atoms with E-state index in [0.717, 1.165) is 5.39 Å². The molecule has 0 radical (unpaired) electrons. The number of fused-ring (bicyclic) bond motifs is 2. The summed E-state index contributed by atoms with van der Waals surface area (Å²) in [5.74, 6) is 0.0662. The van der Waals surface area contributed by atoms with E-state index in [1.165, 1.54) is 0 Å². The molecule has 19 heavy (non-hydrogen) atoms. The van der Waals surface area contributed by atoms with Crippen LogP contribution in [0.3, 0.4) is 0 Å². The molecule has 0 aliphatic heterocycles. The third kappa shape index (κ3) is 1.88. The number of nitrogens with one attached hydrogen (secondary N) is 1. The number of rotatable bonds is 1. The molecule has 2 aromatic heterocycles. The number of hydrogen-bond acceptors (Lipinski definition) is 3. The lowest BCUT2D eigenvalue weighted by Gasteiger charge is -2.08. The highest BCUT2D eigenvalue weighted by molar-refractivity contribution is 6.39. The van der Waals surface area contributed by atoms with Crippen molar-refractivity contribution in [3.05, 3.63) is 45.5 Å². The van der Waals surface area contributed by atoms with E-state index in [2.05, 4.69) is 15.0 Å². The van der Waals surface area contributed by atoms with Crippen LogP contribution in [0.15, 0.2) is 29.2 Å². The molecule has 5 heteroatoms. The van der Waals surface area contributed by atoms with Crippen LogP contribution in [0.2, 0.25) is 5.02 Å². The van der Waals surface area contributed by atoms with Crippen molar-refractivity contribution in [3.8, 4) is 0 Å². The van der Waals surface area contributed by atoms with E-state index in [4.69, 9.17) is 11.6 Å². The first-order valence-corrected chi connectivity index (χ1v) is 6.43. The number of nitrogens with zero attached hydrogens (tertiary/aromatic N) is 2. The highest BCUT2D eigenvalue weighted by Gasteiger charge is 2.13. The molecule has 2 heterocycles. The summed E-state index contributed by atoms with van der Waals surface area (Å²) in [4.78, 5) is 23.4. The van der Waals surface area contributed by atoms with E-state index in [1.807, 2.05) is 32.0 Å². The Morgan fingerprint density at radius 2 is 2.16 bits per heavy atom. The maximum atomic E-state index is 12.0. The molecule has 0 saturated heterocycles. The lowest BCUT2D eigenvalue weighted by molar-refractivity contribution is 0.807. The van der Waals surface area contributed by atoms with Gasteiger partial charge in [0, 0.05) is 17.5 Å². The van der Waals surface area contributed by atoms with E-state index in [1.54, 1.807) is 6.20 Å². The molecule has 96 valence electrons. The summed E-state index contributed by atoms with van der Waals surface area (Å²) in [7, 11) is 0. The lowest BCUT2D eigenvalue weighted by atomic mass is 10.1. The summed E-state index contributed by atoms with van der Waals surface area (Å²) >= 11 is 6.31. The summed E-state index contributed by atoms with van der Waals surface area (Å²) in [6.07, 6.45) is 1.67. The SMILES string of the molecule is CC(C)c1nc2cc3cccnc3c(Cl)c2[nH]c1=O. The van der Waals surface area contributed by atoms with Gasteiger partial charge in [-0.15, -0.1) is 0 Å². The zero-order valence-electron chi connectivity index (χ0n) is 10.6. The largest absolute Gasteiger partial charge is 0.318 e. The Hall–Kier alpha value is -1.94. The van der Waals surface area contributed by atoms with Gasteiger partial charge in [-0.1, -0.05) is 31.5 Å². The predicted octanol–water partition coefficient (Wildman–Crippen LogP) is 3.25. The summed E-state index contributed by atoms with van der Waals surface area (Å²) in [5, 5.41) is 1.35. The number of aromatic nitrogens is 3. The maximum Gasteiger partial charge on any atom is 0.270 e. The highest BCUT2D eigenvalue weighted by Crippen LogP contribution is 2.28. The second kappa shape index (κ2) is 4.31. The molecule has 0 atom stereocenters.